The highest BCUT2D eigenvalue weighted by Gasteiger charge is 2.24. The van der Waals surface area contributed by atoms with Gasteiger partial charge in [0.15, 0.2) is 10.9 Å². The molecule has 0 aliphatic heterocycles. The molecule has 1 aromatic carbocycles. The van der Waals surface area contributed by atoms with Gasteiger partial charge in [0.2, 0.25) is 0 Å². The van der Waals surface area contributed by atoms with E-state index in [1.165, 1.54) is 6.21 Å². The number of rotatable bonds is 8. The molecule has 2 aromatic rings. The number of aromatic nitrogens is 1. The molecular weight excluding hydrogens is 507 g/mol. The van der Waals surface area contributed by atoms with Crippen LogP contribution >= 0.6 is 34.8 Å². The largest absolute Gasteiger partial charge is 0.507 e. The summed E-state index contributed by atoms with van der Waals surface area (Å²) in [7, 11) is 0. The van der Waals surface area contributed by atoms with Crippen LogP contribution in [0, 0.1) is 0 Å². The molecule has 0 aliphatic rings. The highest BCUT2D eigenvalue weighted by molar-refractivity contribution is 9.10. The Morgan fingerprint density at radius 2 is 1.87 bits per heavy atom. The van der Waals surface area contributed by atoms with Crippen LogP contribution in [0.5, 0.6) is 5.75 Å². The van der Waals surface area contributed by atoms with Crippen LogP contribution in [0.3, 0.4) is 0 Å². The van der Waals surface area contributed by atoms with Crippen LogP contribution in [0.1, 0.15) is 33.3 Å². The van der Waals surface area contributed by atoms with Crippen molar-refractivity contribution in [2.75, 3.05) is 5.32 Å². The average molecular weight is 531 g/mol. The van der Waals surface area contributed by atoms with E-state index in [0.29, 0.717) is 17.2 Å². The Morgan fingerprint density at radius 3 is 2.50 bits per heavy atom. The Kier molecular flexibility index (Phi) is 9.33. The highest BCUT2D eigenvalue weighted by atomic mass is 79.9. The van der Waals surface area contributed by atoms with E-state index >= 15 is 0 Å². The van der Waals surface area contributed by atoms with Gasteiger partial charge in [-0.05, 0) is 82.1 Å². The molecule has 0 fully saturated rings. The second kappa shape index (κ2) is 11.3. The number of nitrogens with one attached hydrogen (secondary N) is 2. The number of anilines is 1. The molecule has 1 heterocycles. The summed E-state index contributed by atoms with van der Waals surface area (Å²) < 4.78 is 12.4. The topological polar surface area (TPSA) is 88.0 Å². The molecule has 11 heteroatoms. The van der Waals surface area contributed by atoms with Crippen LogP contribution in [-0.4, -0.2) is 33.6 Å². The van der Waals surface area contributed by atoms with Gasteiger partial charge in [-0.15, -0.1) is 0 Å². The van der Waals surface area contributed by atoms with Gasteiger partial charge in [-0.25, -0.2) is 9.98 Å². The fourth-order valence-electron chi connectivity index (χ4n) is 2.23. The minimum absolute atomic E-state index is 0.116. The monoisotopic (exact) mass is 530 g/mol. The van der Waals surface area contributed by atoms with Crippen molar-refractivity contribution >= 4 is 69.6 Å². The molecule has 0 saturated carbocycles. The number of phenolic OH excluding ortho intramolecular Hbond substituents is 1. The maximum absolute atomic E-state index is 9.92. The normalized spacial score (nSPS) is 12.0. The van der Waals surface area contributed by atoms with E-state index in [2.05, 4.69) is 36.3 Å². The van der Waals surface area contributed by atoms with Gasteiger partial charge >= 0.3 is 0 Å². The molecule has 2 rings (SSSR count). The molecule has 0 spiro atoms. The Hall–Kier alpha value is -1.42. The van der Waals surface area contributed by atoms with Crippen molar-refractivity contribution in [2.45, 2.75) is 39.9 Å². The molecule has 30 heavy (non-hydrogen) atoms. The van der Waals surface area contributed by atoms with Crippen LogP contribution in [-0.2, 0) is 20.9 Å². The highest BCUT2D eigenvalue weighted by Crippen LogP contribution is 2.46. The van der Waals surface area contributed by atoms with Gasteiger partial charge < -0.3 is 19.5 Å². The number of thiocarbonyl (C=S) groups is 1. The van der Waals surface area contributed by atoms with Crippen molar-refractivity contribution < 1.29 is 14.2 Å². The van der Waals surface area contributed by atoms with Crippen LogP contribution in [0.4, 0.5) is 11.6 Å². The van der Waals surface area contributed by atoms with Gasteiger partial charge in [0, 0.05) is 16.3 Å². The maximum Gasteiger partial charge on any atom is 0.289 e. The first-order valence-electron chi connectivity index (χ1n) is 9.12. The molecule has 0 aliphatic carbocycles. The lowest BCUT2D eigenvalue weighted by atomic mass is 10.2. The standard InChI is InChI=1S/C19H24BrN4O3PS2/c1-12(2)26-28(30,27-13(3)4)24-19(29)23-18-7-5-6-17(22-18)21-11-14-10-15(20)8-9-16(14)25/h5-13,25H,1-4H3,(H2,22,23,24,29,30)/b21-11+. The number of nitrogens with zero attached hydrogens (tertiary/aromatic N) is 2. The van der Waals surface area contributed by atoms with Crippen molar-refractivity contribution in [2.24, 2.45) is 4.99 Å². The molecule has 0 radical (unpaired) electrons. The summed E-state index contributed by atoms with van der Waals surface area (Å²) in [6.07, 6.45) is 1.31. The van der Waals surface area contributed by atoms with Gasteiger partial charge in [-0.1, -0.05) is 22.0 Å². The summed E-state index contributed by atoms with van der Waals surface area (Å²) in [6, 6.07) is 10.4. The second-order valence-corrected chi connectivity index (χ2v) is 11.1. The Morgan fingerprint density at radius 1 is 1.20 bits per heavy atom. The summed E-state index contributed by atoms with van der Waals surface area (Å²) in [4.78, 5) is 8.71. The lowest BCUT2D eigenvalue weighted by Crippen LogP contribution is -2.29. The molecule has 3 N–H and O–H groups in total. The van der Waals surface area contributed by atoms with Crippen LogP contribution in [0.15, 0.2) is 45.9 Å². The molecule has 0 atom stereocenters. The van der Waals surface area contributed by atoms with E-state index in [9.17, 15) is 5.11 Å². The summed E-state index contributed by atoms with van der Waals surface area (Å²) in [5.41, 5.74) is 0.569. The quantitative estimate of drug-likeness (QED) is 0.229. The van der Waals surface area contributed by atoms with Gasteiger partial charge in [0.05, 0.1) is 12.2 Å². The van der Waals surface area contributed by atoms with E-state index in [1.807, 2.05) is 27.7 Å². The number of hydrogen-bond donors (Lipinski definition) is 3. The van der Waals surface area contributed by atoms with E-state index in [-0.39, 0.29) is 23.1 Å². The van der Waals surface area contributed by atoms with Crippen molar-refractivity contribution in [3.05, 3.63) is 46.4 Å². The van der Waals surface area contributed by atoms with Crippen LogP contribution < -0.4 is 10.4 Å². The zero-order chi connectivity index (χ0) is 22.3. The Bertz CT molecular complexity index is 959. The predicted octanol–water partition coefficient (Wildman–Crippen LogP) is 5.66. The first-order chi connectivity index (χ1) is 14.1. The fraction of sp³-hybridized carbons (Fsp3) is 0.316. The summed E-state index contributed by atoms with van der Waals surface area (Å²) >= 11 is 14.3. The molecule has 162 valence electrons. The molecule has 7 nitrogen and oxygen atoms in total. The van der Waals surface area contributed by atoms with Crippen LogP contribution in [0.25, 0.3) is 0 Å². The van der Waals surface area contributed by atoms with Gasteiger partial charge in [0.1, 0.15) is 11.6 Å². The molecular formula is C19H24BrN4O3PS2. The fourth-order valence-corrected chi connectivity index (χ4v) is 6.12. The van der Waals surface area contributed by atoms with E-state index in [4.69, 9.17) is 33.1 Å². The van der Waals surface area contributed by atoms with E-state index in [0.717, 1.165) is 4.47 Å². The molecule has 0 unspecified atom stereocenters. The SMILES string of the molecule is CC(C)OP(=S)(NC(=S)Nc1cccc(/N=C/c2cc(Br)ccc2O)n1)OC(C)C. The van der Waals surface area contributed by atoms with Crippen molar-refractivity contribution in [3.63, 3.8) is 0 Å². The third kappa shape index (κ3) is 8.37. The smallest absolute Gasteiger partial charge is 0.289 e. The van der Waals surface area contributed by atoms with Gasteiger partial charge in [-0.3, -0.25) is 5.09 Å². The minimum atomic E-state index is -2.81. The number of pyridine rings is 1. The first-order valence-corrected chi connectivity index (χ1v) is 13.0. The maximum atomic E-state index is 9.92. The number of aromatic hydroxyl groups is 1. The summed E-state index contributed by atoms with van der Waals surface area (Å²) in [5, 5.41) is 16.1. The second-order valence-electron chi connectivity index (χ2n) is 6.71. The average Bonchev–Trinajstić information content (AvgIpc) is 2.60. The molecule has 0 saturated heterocycles. The lowest BCUT2D eigenvalue weighted by Gasteiger charge is -2.27. The number of benzene rings is 1. The number of hydrogen-bond acceptors (Lipinski definition) is 7. The van der Waals surface area contributed by atoms with Crippen molar-refractivity contribution in [3.8, 4) is 5.75 Å². The number of phenols is 1. The molecule has 0 amide bonds. The molecule has 1 aromatic heterocycles. The zero-order valence-corrected chi connectivity index (χ0v) is 21.1. The zero-order valence-electron chi connectivity index (χ0n) is 17.0. The predicted molar refractivity (Wildman–Crippen MR) is 133 cm³/mol. The molecule has 0 bridgehead atoms. The van der Waals surface area contributed by atoms with Crippen molar-refractivity contribution in [1.82, 2.24) is 10.1 Å². The Labute approximate surface area is 195 Å². The van der Waals surface area contributed by atoms with E-state index < -0.39 is 6.64 Å². The van der Waals surface area contributed by atoms with Crippen molar-refractivity contribution in [1.29, 1.82) is 0 Å². The summed E-state index contributed by atoms with van der Waals surface area (Å²) in [5.74, 6) is 1.05. The van der Waals surface area contributed by atoms with Gasteiger partial charge in [0.25, 0.3) is 6.64 Å². The number of halogens is 1. The number of aliphatic imine (C=N–C) groups is 1. The third-order valence-corrected chi connectivity index (χ3v) is 6.77. The third-order valence-electron chi connectivity index (χ3n) is 3.24. The lowest BCUT2D eigenvalue weighted by molar-refractivity contribution is 0.172. The van der Waals surface area contributed by atoms with E-state index in [1.54, 1.807) is 36.4 Å². The minimum Gasteiger partial charge on any atom is -0.507 e. The van der Waals surface area contributed by atoms with Crippen LogP contribution in [0.2, 0.25) is 0 Å². The van der Waals surface area contributed by atoms with Gasteiger partial charge in [-0.2, -0.15) is 0 Å². The summed E-state index contributed by atoms with van der Waals surface area (Å²) in [6.45, 7) is 4.73. The first kappa shape index (κ1) is 24.8. The Balaban J connectivity index is 2.10.